The molecule has 0 aliphatic heterocycles. The van der Waals surface area contributed by atoms with Crippen LogP contribution in [0.5, 0.6) is 0 Å². The minimum atomic E-state index is 0.381. The number of nitrogens with one attached hydrogen (secondary N) is 2. The maximum Gasteiger partial charge on any atom is 0.185 e. The van der Waals surface area contributed by atoms with Gasteiger partial charge in [-0.2, -0.15) is 0 Å². The van der Waals surface area contributed by atoms with Gasteiger partial charge >= 0.3 is 0 Å². The van der Waals surface area contributed by atoms with E-state index in [4.69, 9.17) is 18.1 Å². The molecule has 1 aromatic carbocycles. The third-order valence-electron chi connectivity index (χ3n) is 2.02. The molecule has 0 aliphatic rings. The zero-order valence-corrected chi connectivity index (χ0v) is 8.71. The van der Waals surface area contributed by atoms with Crippen molar-refractivity contribution in [2.24, 2.45) is 5.84 Å². The molecule has 0 radical (unpaired) electrons. The summed E-state index contributed by atoms with van der Waals surface area (Å²) in [5.74, 6) is 5.19. The fourth-order valence-corrected chi connectivity index (χ4v) is 1.48. The Morgan fingerprint density at radius 2 is 2.13 bits per heavy atom. The van der Waals surface area contributed by atoms with Crippen molar-refractivity contribution in [1.29, 1.82) is 0 Å². The average molecular weight is 218 g/mol. The van der Waals surface area contributed by atoms with Crippen LogP contribution in [0.3, 0.4) is 0 Å². The molecule has 1 aromatic heterocycles. The summed E-state index contributed by atoms with van der Waals surface area (Å²) in [6, 6.07) is 9.64. The van der Waals surface area contributed by atoms with Gasteiger partial charge in [0.05, 0.1) is 5.52 Å². The standard InChI is InChI=1S/C10H10N4S/c11-14-10(15)13-9-5-1-4-8-7(9)3-2-6-12-8/h1-6H,11H2,(H2,13,14,15). The number of pyridine rings is 1. The van der Waals surface area contributed by atoms with Crippen LogP contribution in [0.25, 0.3) is 10.9 Å². The normalized spacial score (nSPS) is 9.93. The number of hydrazine groups is 1. The van der Waals surface area contributed by atoms with Crippen molar-refractivity contribution in [3.05, 3.63) is 36.5 Å². The first-order valence-electron chi connectivity index (χ1n) is 4.42. The summed E-state index contributed by atoms with van der Waals surface area (Å²) in [6.07, 6.45) is 1.76. The molecule has 76 valence electrons. The molecule has 0 atom stereocenters. The Bertz CT molecular complexity index is 492. The van der Waals surface area contributed by atoms with Gasteiger partial charge in [0, 0.05) is 17.3 Å². The lowest BCUT2D eigenvalue weighted by atomic mass is 10.2. The van der Waals surface area contributed by atoms with Gasteiger partial charge in [0.1, 0.15) is 0 Å². The molecular weight excluding hydrogens is 208 g/mol. The fraction of sp³-hybridized carbons (Fsp3) is 0. The predicted molar refractivity (Wildman–Crippen MR) is 65.3 cm³/mol. The summed E-state index contributed by atoms with van der Waals surface area (Å²) in [5, 5.41) is 4.38. The predicted octanol–water partition coefficient (Wildman–Crippen LogP) is 1.39. The van der Waals surface area contributed by atoms with Gasteiger partial charge in [-0.15, -0.1) is 0 Å². The Labute approximate surface area is 92.5 Å². The van der Waals surface area contributed by atoms with Crippen LogP contribution in [0.15, 0.2) is 36.5 Å². The summed E-state index contributed by atoms with van der Waals surface area (Å²) >= 11 is 4.93. The lowest BCUT2D eigenvalue weighted by Gasteiger charge is -2.09. The third kappa shape index (κ3) is 2.03. The van der Waals surface area contributed by atoms with Crippen molar-refractivity contribution in [2.45, 2.75) is 0 Å². The highest BCUT2D eigenvalue weighted by Crippen LogP contribution is 2.20. The molecule has 2 rings (SSSR count). The molecule has 4 nitrogen and oxygen atoms in total. The van der Waals surface area contributed by atoms with E-state index >= 15 is 0 Å². The number of anilines is 1. The number of nitrogens with zero attached hydrogens (tertiary/aromatic N) is 1. The van der Waals surface area contributed by atoms with Crippen molar-refractivity contribution >= 4 is 33.9 Å². The van der Waals surface area contributed by atoms with E-state index < -0.39 is 0 Å². The van der Waals surface area contributed by atoms with Crippen molar-refractivity contribution in [3.8, 4) is 0 Å². The number of benzene rings is 1. The van der Waals surface area contributed by atoms with Crippen molar-refractivity contribution in [3.63, 3.8) is 0 Å². The SMILES string of the molecule is NNC(=S)Nc1cccc2ncccc12. The third-order valence-corrected chi connectivity index (χ3v) is 2.24. The number of rotatable bonds is 1. The maximum absolute atomic E-state index is 5.19. The van der Waals surface area contributed by atoms with Crippen LogP contribution in [0.1, 0.15) is 0 Å². The topological polar surface area (TPSA) is 63.0 Å². The van der Waals surface area contributed by atoms with E-state index in [0.29, 0.717) is 5.11 Å². The molecule has 0 bridgehead atoms. The quantitative estimate of drug-likeness (QED) is 0.383. The van der Waals surface area contributed by atoms with Crippen LogP contribution in [0, 0.1) is 0 Å². The van der Waals surface area contributed by atoms with Gasteiger partial charge in [0.15, 0.2) is 5.11 Å². The minimum absolute atomic E-state index is 0.381. The van der Waals surface area contributed by atoms with E-state index in [2.05, 4.69) is 15.7 Å². The summed E-state index contributed by atoms with van der Waals surface area (Å²) in [6.45, 7) is 0. The summed E-state index contributed by atoms with van der Waals surface area (Å²) in [5.41, 5.74) is 4.19. The Kier molecular flexibility index (Phi) is 2.75. The van der Waals surface area contributed by atoms with Gasteiger partial charge in [-0.1, -0.05) is 6.07 Å². The molecule has 0 fully saturated rings. The Balaban J connectivity index is 2.46. The van der Waals surface area contributed by atoms with Gasteiger partial charge in [0.2, 0.25) is 0 Å². The van der Waals surface area contributed by atoms with Gasteiger partial charge in [-0.25, -0.2) is 5.84 Å². The highest BCUT2D eigenvalue weighted by molar-refractivity contribution is 7.80. The highest BCUT2D eigenvalue weighted by atomic mass is 32.1. The molecule has 15 heavy (non-hydrogen) atoms. The lowest BCUT2D eigenvalue weighted by molar-refractivity contribution is 1.04. The molecule has 0 amide bonds. The Morgan fingerprint density at radius 1 is 1.27 bits per heavy atom. The average Bonchev–Trinajstić information content (AvgIpc) is 2.29. The molecule has 0 aliphatic carbocycles. The summed E-state index contributed by atoms with van der Waals surface area (Å²) in [4.78, 5) is 4.24. The van der Waals surface area contributed by atoms with E-state index in [9.17, 15) is 0 Å². The van der Waals surface area contributed by atoms with E-state index in [1.54, 1.807) is 6.20 Å². The molecule has 0 unspecified atom stereocenters. The number of hydrogen-bond donors (Lipinski definition) is 3. The summed E-state index contributed by atoms with van der Waals surface area (Å²) in [7, 11) is 0. The first-order valence-corrected chi connectivity index (χ1v) is 4.83. The lowest BCUT2D eigenvalue weighted by Crippen LogP contribution is -2.34. The second-order valence-electron chi connectivity index (χ2n) is 2.97. The molecule has 0 saturated carbocycles. The van der Waals surface area contributed by atoms with E-state index in [0.717, 1.165) is 16.6 Å². The Hall–Kier alpha value is -1.72. The van der Waals surface area contributed by atoms with Crippen LogP contribution in [-0.4, -0.2) is 10.1 Å². The zero-order chi connectivity index (χ0) is 10.7. The van der Waals surface area contributed by atoms with Crippen molar-refractivity contribution in [2.75, 3.05) is 5.32 Å². The summed E-state index contributed by atoms with van der Waals surface area (Å²) < 4.78 is 0. The van der Waals surface area contributed by atoms with Crippen LogP contribution >= 0.6 is 12.2 Å². The number of aromatic nitrogens is 1. The van der Waals surface area contributed by atoms with Crippen LogP contribution in [-0.2, 0) is 0 Å². The molecule has 4 N–H and O–H groups in total. The second-order valence-corrected chi connectivity index (χ2v) is 3.38. The monoisotopic (exact) mass is 218 g/mol. The van der Waals surface area contributed by atoms with E-state index in [1.807, 2.05) is 30.3 Å². The number of fused-ring (bicyclic) bond motifs is 1. The van der Waals surface area contributed by atoms with Gasteiger partial charge in [-0.05, 0) is 36.5 Å². The van der Waals surface area contributed by atoms with Crippen molar-refractivity contribution in [1.82, 2.24) is 10.4 Å². The molecule has 5 heteroatoms. The van der Waals surface area contributed by atoms with Gasteiger partial charge in [-0.3, -0.25) is 4.98 Å². The number of nitrogens with two attached hydrogens (primary N) is 1. The van der Waals surface area contributed by atoms with E-state index in [-0.39, 0.29) is 0 Å². The fourth-order valence-electron chi connectivity index (χ4n) is 1.37. The maximum atomic E-state index is 5.19. The van der Waals surface area contributed by atoms with Crippen LogP contribution < -0.4 is 16.6 Å². The minimum Gasteiger partial charge on any atom is -0.331 e. The van der Waals surface area contributed by atoms with Crippen molar-refractivity contribution < 1.29 is 0 Å². The largest absolute Gasteiger partial charge is 0.331 e. The number of hydrogen-bond acceptors (Lipinski definition) is 3. The molecular formula is C10H10N4S. The Morgan fingerprint density at radius 3 is 2.93 bits per heavy atom. The first kappa shape index (κ1) is 9.82. The molecule has 0 spiro atoms. The zero-order valence-electron chi connectivity index (χ0n) is 7.90. The second kappa shape index (κ2) is 4.20. The molecule has 2 aromatic rings. The van der Waals surface area contributed by atoms with Gasteiger partial charge < -0.3 is 10.7 Å². The van der Waals surface area contributed by atoms with Crippen LogP contribution in [0.2, 0.25) is 0 Å². The van der Waals surface area contributed by atoms with Crippen LogP contribution in [0.4, 0.5) is 5.69 Å². The molecule has 1 heterocycles. The smallest absolute Gasteiger partial charge is 0.185 e. The molecule has 0 saturated heterocycles. The number of thiocarbonyl (C=S) groups is 1. The highest BCUT2D eigenvalue weighted by Gasteiger charge is 2.01. The van der Waals surface area contributed by atoms with E-state index in [1.165, 1.54) is 0 Å². The first-order chi connectivity index (χ1) is 7.31. The van der Waals surface area contributed by atoms with Gasteiger partial charge in [0.25, 0.3) is 0 Å².